The van der Waals surface area contributed by atoms with Crippen LogP contribution in [0.3, 0.4) is 0 Å². The highest BCUT2D eigenvalue weighted by molar-refractivity contribution is 6.95. The Morgan fingerprint density at radius 3 is 1.72 bits per heavy atom. The average molecular weight is 276 g/mol. The van der Waals surface area contributed by atoms with Gasteiger partial charge in [0, 0.05) is 19.3 Å². The highest BCUT2D eigenvalue weighted by Gasteiger charge is 2.46. The molecule has 0 saturated heterocycles. The fourth-order valence-electron chi connectivity index (χ4n) is 1.59. The number of carboxylic acid groups (broad SMARTS) is 1. The Hall–Kier alpha value is -0.393. The van der Waals surface area contributed by atoms with Crippen LogP contribution < -0.4 is 0 Å². The Labute approximate surface area is 112 Å². The van der Waals surface area contributed by atoms with Crippen molar-refractivity contribution in [3.63, 3.8) is 0 Å². The van der Waals surface area contributed by atoms with E-state index in [0.717, 1.165) is 38.5 Å². The molecule has 0 heterocycles. The maximum Gasteiger partial charge on any atom is 0.462 e. The Bertz CT molecular complexity index is 211. The van der Waals surface area contributed by atoms with Crippen LogP contribution in [0.1, 0.15) is 59.3 Å². The predicted molar refractivity (Wildman–Crippen MR) is 75.2 cm³/mol. The van der Waals surface area contributed by atoms with Crippen LogP contribution in [-0.4, -0.2) is 32.5 Å². The van der Waals surface area contributed by atoms with E-state index in [9.17, 15) is 9.90 Å². The van der Waals surface area contributed by atoms with Gasteiger partial charge in [0.05, 0.1) is 0 Å². The lowest BCUT2D eigenvalue weighted by atomic mass is 10.4. The quantitative estimate of drug-likeness (QED) is 0.430. The number of rotatable bonds is 12. The lowest BCUT2D eigenvalue weighted by Gasteiger charge is -2.26. The third kappa shape index (κ3) is 6.52. The van der Waals surface area contributed by atoms with Crippen LogP contribution in [0.25, 0.3) is 0 Å². The molecule has 0 spiro atoms. The summed E-state index contributed by atoms with van der Waals surface area (Å²) in [6, 6.07) is 0.562. The minimum Gasteiger partial charge on any atom is -0.481 e. The molecule has 4 nitrogen and oxygen atoms in total. The van der Waals surface area contributed by atoms with Crippen molar-refractivity contribution in [1.82, 2.24) is 0 Å². The van der Waals surface area contributed by atoms with Gasteiger partial charge in [-0.05, 0) is 12.8 Å². The van der Waals surface area contributed by atoms with Crippen molar-refractivity contribution in [2.75, 3.05) is 13.2 Å². The monoisotopic (exact) mass is 276 g/mol. The van der Waals surface area contributed by atoms with Crippen LogP contribution >= 0.6 is 0 Å². The molecule has 0 bridgehead atoms. The average Bonchev–Trinajstić information content (AvgIpc) is 2.35. The molecule has 0 aliphatic rings. The largest absolute Gasteiger partial charge is 0.481 e. The van der Waals surface area contributed by atoms with E-state index in [-0.39, 0.29) is 0 Å². The Balaban J connectivity index is 4.51. The molecule has 0 amide bonds. The van der Waals surface area contributed by atoms with Gasteiger partial charge < -0.3 is 14.0 Å². The molecule has 18 heavy (non-hydrogen) atoms. The number of carbonyl (C=O) groups is 1. The lowest BCUT2D eigenvalue weighted by Crippen LogP contribution is -2.50. The van der Waals surface area contributed by atoms with Gasteiger partial charge in [-0.15, -0.1) is 0 Å². The van der Waals surface area contributed by atoms with Crippen molar-refractivity contribution in [2.45, 2.75) is 65.3 Å². The Kier molecular flexibility index (Phi) is 10.3. The zero-order chi connectivity index (χ0) is 13.9. The minimum atomic E-state index is -3.05. The summed E-state index contributed by atoms with van der Waals surface area (Å²) >= 11 is 0. The highest BCUT2D eigenvalue weighted by atomic mass is 28.4. The van der Waals surface area contributed by atoms with Gasteiger partial charge in [0.25, 0.3) is 0 Å². The van der Waals surface area contributed by atoms with Crippen molar-refractivity contribution in [1.29, 1.82) is 0 Å². The summed E-state index contributed by atoms with van der Waals surface area (Å²) in [5, 5.41) is 9.46. The third-order valence-corrected chi connectivity index (χ3v) is 5.86. The SMILES string of the molecule is CCCCO[Si](CCCC)(OCCCC)C(=O)O. The maximum absolute atomic E-state index is 11.5. The van der Waals surface area contributed by atoms with E-state index in [0.29, 0.717) is 19.3 Å². The summed E-state index contributed by atoms with van der Waals surface area (Å²) < 4.78 is 11.4. The van der Waals surface area contributed by atoms with Gasteiger partial charge >= 0.3 is 14.2 Å². The van der Waals surface area contributed by atoms with E-state index < -0.39 is 14.2 Å². The summed E-state index contributed by atoms with van der Waals surface area (Å²) in [6.07, 6.45) is 5.63. The lowest BCUT2D eigenvalue weighted by molar-refractivity contribution is 0.144. The fourth-order valence-corrected chi connectivity index (χ4v) is 4.19. The first-order chi connectivity index (χ1) is 8.63. The van der Waals surface area contributed by atoms with Crippen LogP contribution in [0.15, 0.2) is 0 Å². The summed E-state index contributed by atoms with van der Waals surface area (Å²) in [6.45, 7) is 7.20. The second kappa shape index (κ2) is 10.5. The maximum atomic E-state index is 11.5. The van der Waals surface area contributed by atoms with Crippen LogP contribution in [0.4, 0.5) is 4.79 Å². The molecule has 0 unspecified atom stereocenters. The zero-order valence-corrected chi connectivity index (χ0v) is 13.0. The minimum absolute atomic E-state index is 0.505. The molecule has 0 radical (unpaired) electrons. The molecule has 0 rings (SSSR count). The van der Waals surface area contributed by atoms with Gasteiger partial charge in [0.2, 0.25) is 0 Å². The second-order valence-electron chi connectivity index (χ2n) is 4.57. The van der Waals surface area contributed by atoms with E-state index in [4.69, 9.17) is 8.85 Å². The smallest absolute Gasteiger partial charge is 0.462 e. The van der Waals surface area contributed by atoms with Crippen molar-refractivity contribution in [2.24, 2.45) is 0 Å². The first kappa shape index (κ1) is 17.6. The van der Waals surface area contributed by atoms with E-state index >= 15 is 0 Å². The molecule has 108 valence electrons. The predicted octanol–water partition coefficient (Wildman–Crippen LogP) is 4.12. The molecule has 0 atom stereocenters. The van der Waals surface area contributed by atoms with Gasteiger partial charge in [0.15, 0.2) is 0 Å². The zero-order valence-electron chi connectivity index (χ0n) is 12.0. The Morgan fingerprint density at radius 1 is 0.944 bits per heavy atom. The number of unbranched alkanes of at least 4 members (excludes halogenated alkanes) is 3. The fraction of sp³-hybridized carbons (Fsp3) is 0.923. The normalized spacial score (nSPS) is 11.7. The van der Waals surface area contributed by atoms with Gasteiger partial charge in [-0.1, -0.05) is 46.5 Å². The van der Waals surface area contributed by atoms with Crippen molar-refractivity contribution < 1.29 is 18.8 Å². The van der Waals surface area contributed by atoms with Gasteiger partial charge in [-0.3, -0.25) is 4.79 Å². The second-order valence-corrected chi connectivity index (χ2v) is 7.58. The molecular formula is C13H28O4Si. The molecule has 0 aromatic heterocycles. The molecule has 0 saturated carbocycles. The summed E-state index contributed by atoms with van der Waals surface area (Å²) in [4.78, 5) is 11.5. The molecule has 0 aliphatic heterocycles. The topological polar surface area (TPSA) is 55.8 Å². The van der Waals surface area contributed by atoms with E-state index in [2.05, 4.69) is 20.8 Å². The number of hydrogen-bond acceptors (Lipinski definition) is 3. The molecule has 1 N–H and O–H groups in total. The number of hydrogen-bond donors (Lipinski definition) is 1. The van der Waals surface area contributed by atoms with Crippen LogP contribution in [0.2, 0.25) is 6.04 Å². The molecule has 0 fully saturated rings. The van der Waals surface area contributed by atoms with Gasteiger partial charge in [-0.2, -0.15) is 0 Å². The summed E-state index contributed by atoms with van der Waals surface area (Å²) in [5.74, 6) is 0. The van der Waals surface area contributed by atoms with E-state index in [1.807, 2.05) is 0 Å². The molecule has 5 heteroatoms. The van der Waals surface area contributed by atoms with Crippen molar-refractivity contribution >= 4 is 14.2 Å². The summed E-state index contributed by atoms with van der Waals surface area (Å²) in [5.41, 5.74) is -0.858. The van der Waals surface area contributed by atoms with Gasteiger partial charge in [-0.25, -0.2) is 0 Å². The third-order valence-electron chi connectivity index (χ3n) is 2.85. The van der Waals surface area contributed by atoms with E-state index in [1.165, 1.54) is 0 Å². The molecule has 0 aliphatic carbocycles. The van der Waals surface area contributed by atoms with Gasteiger partial charge in [0.1, 0.15) is 0 Å². The first-order valence-corrected chi connectivity index (χ1v) is 9.16. The highest BCUT2D eigenvalue weighted by Crippen LogP contribution is 2.20. The molecular weight excluding hydrogens is 248 g/mol. The molecule has 0 aromatic carbocycles. The van der Waals surface area contributed by atoms with Crippen molar-refractivity contribution in [3.05, 3.63) is 0 Å². The van der Waals surface area contributed by atoms with E-state index in [1.54, 1.807) is 0 Å². The molecule has 0 aromatic rings. The van der Waals surface area contributed by atoms with Crippen LogP contribution in [0.5, 0.6) is 0 Å². The van der Waals surface area contributed by atoms with Crippen LogP contribution in [-0.2, 0) is 8.85 Å². The summed E-state index contributed by atoms with van der Waals surface area (Å²) in [7, 11) is -3.05. The standard InChI is InChI=1S/C13H28O4Si/c1-4-7-10-16-18(13(14)15,12-9-6-3)17-11-8-5-2/h4-12H2,1-3H3,(H,14,15). The van der Waals surface area contributed by atoms with Crippen molar-refractivity contribution in [3.8, 4) is 0 Å². The van der Waals surface area contributed by atoms with Crippen LogP contribution in [0, 0.1) is 0 Å². The Morgan fingerprint density at radius 2 is 1.39 bits per heavy atom. The first-order valence-electron chi connectivity index (χ1n) is 7.14.